The summed E-state index contributed by atoms with van der Waals surface area (Å²) in [7, 11) is 0. The monoisotopic (exact) mass is 547 g/mol. The second-order valence-corrected chi connectivity index (χ2v) is 9.88. The van der Waals surface area contributed by atoms with E-state index < -0.39 is 17.1 Å². The Kier molecular flexibility index (Phi) is 8.17. The number of allylic oxidation sites excluding steroid dienone is 2. The van der Waals surface area contributed by atoms with Crippen molar-refractivity contribution in [1.82, 2.24) is 45.6 Å². The molecule has 4 aromatic rings. The van der Waals surface area contributed by atoms with Gasteiger partial charge in [-0.25, -0.2) is 19.3 Å². The molecule has 4 atom stereocenters. The fourth-order valence-corrected chi connectivity index (χ4v) is 5.14. The molecule has 210 valence electrons. The summed E-state index contributed by atoms with van der Waals surface area (Å²) in [6.45, 7) is 6.81. The van der Waals surface area contributed by atoms with E-state index in [4.69, 9.17) is 4.42 Å². The molecule has 0 bridgehead atoms. The van der Waals surface area contributed by atoms with E-state index in [-0.39, 0.29) is 24.0 Å². The fraction of sp³-hybridized carbons (Fsp3) is 0.393. The van der Waals surface area contributed by atoms with Gasteiger partial charge in [-0.1, -0.05) is 37.6 Å². The molecule has 0 radical (unpaired) electrons. The van der Waals surface area contributed by atoms with Gasteiger partial charge in [-0.3, -0.25) is 15.0 Å². The van der Waals surface area contributed by atoms with E-state index in [0.717, 1.165) is 18.4 Å². The topological polar surface area (TPSA) is 142 Å². The third-order valence-corrected chi connectivity index (χ3v) is 7.19. The van der Waals surface area contributed by atoms with Gasteiger partial charge in [-0.15, -0.1) is 5.10 Å². The first kappa shape index (κ1) is 27.4. The van der Waals surface area contributed by atoms with Crippen LogP contribution in [0.1, 0.15) is 63.4 Å². The van der Waals surface area contributed by atoms with Crippen molar-refractivity contribution >= 4 is 0 Å². The molecule has 4 N–H and O–H groups in total. The summed E-state index contributed by atoms with van der Waals surface area (Å²) in [6.07, 6.45) is 17.2. The van der Waals surface area contributed by atoms with E-state index in [0.29, 0.717) is 30.2 Å². The predicted octanol–water partition coefficient (Wildman–Crippen LogP) is 3.74. The van der Waals surface area contributed by atoms with Crippen LogP contribution < -0.4 is 16.4 Å². The highest BCUT2D eigenvalue weighted by Gasteiger charge is 2.48. The Morgan fingerprint density at radius 2 is 2.10 bits per heavy atom. The van der Waals surface area contributed by atoms with Crippen molar-refractivity contribution in [3.8, 4) is 11.4 Å². The Morgan fingerprint density at radius 3 is 2.75 bits per heavy atom. The first-order valence-electron chi connectivity index (χ1n) is 13.6. The van der Waals surface area contributed by atoms with Crippen molar-refractivity contribution in [1.29, 1.82) is 0 Å². The van der Waals surface area contributed by atoms with Gasteiger partial charge < -0.3 is 14.7 Å². The molecule has 11 nitrogen and oxygen atoms in total. The molecule has 4 aromatic heterocycles. The normalized spacial score (nSPS) is 18.1. The third-order valence-electron chi connectivity index (χ3n) is 7.19. The standard InChI is InChI=1S/C28H34FN9O2/c1-4-9-23(25-31-16-24(34-25)22-13-12-20(29)15-30-22)35-28(26-36-37-27(39)40-26,19-14-32-38(5-2)17-19)18(3)33-21-10-7-6-8-11-21/h6-8,10,12-18,21,23,33,35H,4-5,9,11H2,1-3H3,(H,31,34)(H,37,39)/t18?,21?,23-,28?/m1/s1. The summed E-state index contributed by atoms with van der Waals surface area (Å²) >= 11 is 0. The van der Waals surface area contributed by atoms with E-state index in [1.54, 1.807) is 18.5 Å². The average molecular weight is 548 g/mol. The van der Waals surface area contributed by atoms with Gasteiger partial charge in [0.25, 0.3) is 0 Å². The molecule has 0 fully saturated rings. The lowest BCUT2D eigenvalue weighted by Gasteiger charge is -2.40. The number of imidazole rings is 1. The summed E-state index contributed by atoms with van der Waals surface area (Å²) in [4.78, 5) is 24.5. The van der Waals surface area contributed by atoms with Gasteiger partial charge in [0.15, 0.2) is 0 Å². The zero-order chi connectivity index (χ0) is 28.1. The van der Waals surface area contributed by atoms with Gasteiger partial charge in [0, 0.05) is 30.4 Å². The Hall–Kier alpha value is -4.16. The summed E-state index contributed by atoms with van der Waals surface area (Å²) < 4.78 is 21.0. The number of H-pyrrole nitrogens is 2. The van der Waals surface area contributed by atoms with Gasteiger partial charge in [-0.05, 0) is 38.8 Å². The molecule has 1 aliphatic rings. The molecule has 3 unspecified atom stereocenters. The Morgan fingerprint density at radius 1 is 1.23 bits per heavy atom. The van der Waals surface area contributed by atoms with Crippen LogP contribution in [0.3, 0.4) is 0 Å². The number of hydrogen-bond donors (Lipinski definition) is 4. The lowest BCUT2D eigenvalue weighted by Crippen LogP contribution is -2.59. The molecule has 0 aliphatic heterocycles. The average Bonchev–Trinajstić information content (AvgIpc) is 3.74. The van der Waals surface area contributed by atoms with Gasteiger partial charge in [-0.2, -0.15) is 5.10 Å². The van der Waals surface area contributed by atoms with E-state index in [1.165, 1.54) is 12.3 Å². The van der Waals surface area contributed by atoms with Crippen LogP contribution in [0.15, 0.2) is 70.4 Å². The molecule has 0 spiro atoms. The Labute approximate surface area is 231 Å². The number of nitrogens with one attached hydrogen (secondary N) is 4. The molecular weight excluding hydrogens is 513 g/mol. The molecule has 1 aliphatic carbocycles. The minimum atomic E-state index is -1.11. The summed E-state index contributed by atoms with van der Waals surface area (Å²) in [5, 5.41) is 18.8. The molecule has 0 saturated carbocycles. The number of pyridine rings is 1. The Bertz CT molecular complexity index is 1520. The fourth-order valence-electron chi connectivity index (χ4n) is 5.14. The second-order valence-electron chi connectivity index (χ2n) is 9.88. The van der Waals surface area contributed by atoms with Crippen LogP contribution in [0.2, 0.25) is 0 Å². The maximum Gasteiger partial charge on any atom is 0.434 e. The van der Waals surface area contributed by atoms with E-state index in [2.05, 4.69) is 60.0 Å². The number of nitrogens with zero attached hydrogens (tertiary/aromatic N) is 5. The molecule has 0 amide bonds. The lowest BCUT2D eigenvalue weighted by molar-refractivity contribution is 0.200. The number of halogens is 1. The quantitative estimate of drug-likeness (QED) is 0.210. The first-order chi connectivity index (χ1) is 19.4. The smallest absolute Gasteiger partial charge is 0.390 e. The van der Waals surface area contributed by atoms with Crippen LogP contribution in [0.5, 0.6) is 0 Å². The number of aryl methyl sites for hydroxylation is 1. The van der Waals surface area contributed by atoms with E-state index in [9.17, 15) is 9.18 Å². The van der Waals surface area contributed by atoms with Gasteiger partial charge >= 0.3 is 5.76 Å². The number of hydrogen-bond acceptors (Lipinski definition) is 8. The highest BCUT2D eigenvalue weighted by atomic mass is 19.1. The van der Waals surface area contributed by atoms with Gasteiger partial charge in [0.1, 0.15) is 17.2 Å². The van der Waals surface area contributed by atoms with Crippen LogP contribution in [0.25, 0.3) is 11.4 Å². The van der Waals surface area contributed by atoms with Crippen molar-refractivity contribution in [3.63, 3.8) is 0 Å². The van der Waals surface area contributed by atoms with Crippen molar-refractivity contribution in [2.75, 3.05) is 0 Å². The largest absolute Gasteiger partial charge is 0.434 e. The van der Waals surface area contributed by atoms with E-state index >= 15 is 0 Å². The zero-order valence-corrected chi connectivity index (χ0v) is 22.8. The Balaban J connectivity index is 1.59. The third kappa shape index (κ3) is 5.58. The maximum atomic E-state index is 13.5. The molecule has 40 heavy (non-hydrogen) atoms. The van der Waals surface area contributed by atoms with Gasteiger partial charge in [0.2, 0.25) is 5.89 Å². The highest BCUT2D eigenvalue weighted by Crippen LogP contribution is 2.36. The molecule has 0 aromatic carbocycles. The highest BCUT2D eigenvalue weighted by molar-refractivity contribution is 5.52. The summed E-state index contributed by atoms with van der Waals surface area (Å²) in [6, 6.07) is 2.41. The number of aromatic amines is 2. The van der Waals surface area contributed by atoms with E-state index in [1.807, 2.05) is 36.9 Å². The van der Waals surface area contributed by atoms with Crippen LogP contribution in [-0.4, -0.2) is 47.0 Å². The lowest BCUT2D eigenvalue weighted by atomic mass is 9.82. The van der Waals surface area contributed by atoms with Crippen LogP contribution in [0.4, 0.5) is 4.39 Å². The first-order valence-corrected chi connectivity index (χ1v) is 13.6. The van der Waals surface area contributed by atoms with Crippen molar-refractivity contribution in [3.05, 3.63) is 94.9 Å². The summed E-state index contributed by atoms with van der Waals surface area (Å²) in [5.74, 6) is -0.194. The van der Waals surface area contributed by atoms with Crippen molar-refractivity contribution < 1.29 is 8.81 Å². The molecule has 5 rings (SSSR count). The minimum Gasteiger partial charge on any atom is -0.390 e. The minimum absolute atomic E-state index is 0.0671. The molecule has 12 heteroatoms. The van der Waals surface area contributed by atoms with Crippen molar-refractivity contribution in [2.24, 2.45) is 0 Å². The predicted molar refractivity (Wildman–Crippen MR) is 148 cm³/mol. The van der Waals surface area contributed by atoms with Gasteiger partial charge in [0.05, 0.1) is 36.0 Å². The number of rotatable bonds is 12. The van der Waals surface area contributed by atoms with Crippen LogP contribution in [0, 0.1) is 5.82 Å². The summed E-state index contributed by atoms with van der Waals surface area (Å²) in [5.41, 5.74) is 0.922. The molecular formula is C28H34FN9O2. The SMILES string of the molecule is CCC[C@@H](NC(c1cnn(CC)c1)(c1n[nH]c(=O)o1)C(C)NC1C=CC=CC1)c1ncc(-c2ccc(F)cn2)[nH]1. The molecule has 0 saturated heterocycles. The molecule has 4 heterocycles. The maximum absolute atomic E-state index is 13.5. The second kappa shape index (κ2) is 11.9. The van der Waals surface area contributed by atoms with Crippen LogP contribution in [-0.2, 0) is 12.1 Å². The van der Waals surface area contributed by atoms with Crippen LogP contribution >= 0.6 is 0 Å². The van der Waals surface area contributed by atoms with Crippen molar-refractivity contribution in [2.45, 2.75) is 70.2 Å². The zero-order valence-electron chi connectivity index (χ0n) is 22.8. The number of aromatic nitrogens is 7.